The van der Waals surface area contributed by atoms with Crippen LogP contribution in [0.5, 0.6) is 5.88 Å². The highest BCUT2D eigenvalue weighted by molar-refractivity contribution is 5.96. The Morgan fingerprint density at radius 3 is 2.62 bits per heavy atom. The molecule has 1 aliphatic carbocycles. The minimum Gasteiger partial charge on any atom is -0.470 e. The number of alkyl halides is 3. The van der Waals surface area contributed by atoms with E-state index >= 15 is 0 Å². The molecule has 178 valence electrons. The van der Waals surface area contributed by atoms with Crippen LogP contribution in [0.15, 0.2) is 36.8 Å². The molecule has 3 aromatic rings. The van der Waals surface area contributed by atoms with Crippen LogP contribution in [0.3, 0.4) is 0 Å². The summed E-state index contributed by atoms with van der Waals surface area (Å²) in [6.07, 6.45) is 0.247. The first-order valence-corrected chi connectivity index (χ1v) is 10.8. The van der Waals surface area contributed by atoms with Crippen molar-refractivity contribution in [2.45, 2.75) is 44.5 Å². The molecular formula is C22H20F4N6O2. The van der Waals surface area contributed by atoms with Crippen LogP contribution in [0.1, 0.15) is 41.0 Å². The van der Waals surface area contributed by atoms with Gasteiger partial charge in [0.1, 0.15) is 11.8 Å². The largest absolute Gasteiger partial charge is 0.470 e. The molecule has 0 spiro atoms. The van der Waals surface area contributed by atoms with Gasteiger partial charge in [-0.15, -0.1) is 4.80 Å². The van der Waals surface area contributed by atoms with Crippen molar-refractivity contribution in [1.82, 2.24) is 29.9 Å². The SMILES string of the molecule is Cc1ccc(-n2nccn2)c(C(=O)N2C[C@@H]3CC[C@H]2[C@H](Oc2ncc(C(F)(F)F)cc2F)C3)n1. The van der Waals surface area contributed by atoms with Crippen LogP contribution in [-0.4, -0.2) is 54.5 Å². The number of amides is 1. The van der Waals surface area contributed by atoms with Crippen LogP contribution in [0.25, 0.3) is 5.69 Å². The molecule has 3 atom stereocenters. The van der Waals surface area contributed by atoms with Gasteiger partial charge < -0.3 is 9.64 Å². The Morgan fingerprint density at radius 2 is 1.94 bits per heavy atom. The highest BCUT2D eigenvalue weighted by Crippen LogP contribution is 2.39. The van der Waals surface area contributed by atoms with Crippen molar-refractivity contribution < 1.29 is 27.1 Å². The Labute approximate surface area is 191 Å². The number of aromatic nitrogens is 5. The summed E-state index contributed by atoms with van der Waals surface area (Å²) in [6, 6.07) is 3.43. The van der Waals surface area contributed by atoms with Gasteiger partial charge in [0.15, 0.2) is 11.5 Å². The molecule has 2 saturated heterocycles. The quantitative estimate of drug-likeness (QED) is 0.535. The fourth-order valence-corrected chi connectivity index (χ4v) is 4.65. The molecular weight excluding hydrogens is 456 g/mol. The Kier molecular flexibility index (Phi) is 5.45. The summed E-state index contributed by atoms with van der Waals surface area (Å²) in [6.45, 7) is 2.25. The van der Waals surface area contributed by atoms with Gasteiger partial charge in [0.25, 0.3) is 11.8 Å². The third-order valence-electron chi connectivity index (χ3n) is 6.23. The zero-order valence-corrected chi connectivity index (χ0v) is 18.0. The molecule has 0 N–H and O–H groups in total. The number of aryl methyl sites for hydroxylation is 1. The fraction of sp³-hybridized carbons (Fsp3) is 0.409. The first kappa shape index (κ1) is 22.2. The highest BCUT2D eigenvalue weighted by atomic mass is 19.4. The zero-order chi connectivity index (χ0) is 24.0. The monoisotopic (exact) mass is 476 g/mol. The van der Waals surface area contributed by atoms with Crippen molar-refractivity contribution in [3.63, 3.8) is 0 Å². The molecule has 34 heavy (non-hydrogen) atoms. The van der Waals surface area contributed by atoms with Gasteiger partial charge in [-0.05, 0) is 50.3 Å². The maximum atomic E-state index is 14.4. The van der Waals surface area contributed by atoms with E-state index in [4.69, 9.17) is 4.74 Å². The van der Waals surface area contributed by atoms with Crippen LogP contribution in [-0.2, 0) is 6.18 Å². The lowest BCUT2D eigenvalue weighted by Crippen LogP contribution is -2.59. The maximum Gasteiger partial charge on any atom is 0.417 e. The Morgan fingerprint density at radius 1 is 1.18 bits per heavy atom. The molecule has 12 heteroatoms. The van der Waals surface area contributed by atoms with E-state index in [1.807, 2.05) is 0 Å². The average molecular weight is 476 g/mol. The van der Waals surface area contributed by atoms with E-state index in [1.165, 1.54) is 17.2 Å². The summed E-state index contributed by atoms with van der Waals surface area (Å²) >= 11 is 0. The predicted molar refractivity (Wildman–Crippen MR) is 110 cm³/mol. The fourth-order valence-electron chi connectivity index (χ4n) is 4.65. The van der Waals surface area contributed by atoms with E-state index in [9.17, 15) is 22.4 Å². The Hall–Kier alpha value is -3.57. The second-order valence-electron chi connectivity index (χ2n) is 8.51. The van der Waals surface area contributed by atoms with E-state index in [0.29, 0.717) is 43.0 Å². The molecule has 3 aromatic heterocycles. The van der Waals surface area contributed by atoms with Gasteiger partial charge in [0.2, 0.25) is 0 Å². The first-order valence-electron chi connectivity index (χ1n) is 10.8. The zero-order valence-electron chi connectivity index (χ0n) is 18.0. The standard InChI is InChI=1S/C22H20F4N6O2/c1-12-2-4-17(32-28-6-7-29-32)19(30-12)21(33)31-11-13-3-5-16(31)18(8-13)34-20-15(23)9-14(10-27-20)22(24,25)26/h2,4,6-7,9-10,13,16,18H,3,5,8,11H2,1H3/t13-,16+,18-/m1/s1. The lowest BCUT2D eigenvalue weighted by atomic mass is 9.77. The molecule has 6 rings (SSSR count). The second-order valence-corrected chi connectivity index (χ2v) is 8.51. The van der Waals surface area contributed by atoms with Gasteiger partial charge in [-0.25, -0.2) is 14.4 Å². The van der Waals surface area contributed by atoms with Crippen LogP contribution in [0, 0.1) is 18.7 Å². The van der Waals surface area contributed by atoms with E-state index < -0.39 is 35.6 Å². The molecule has 2 aliphatic heterocycles. The van der Waals surface area contributed by atoms with Crippen LogP contribution in [0.2, 0.25) is 0 Å². The van der Waals surface area contributed by atoms with Gasteiger partial charge in [-0.3, -0.25) is 4.79 Å². The number of carbonyl (C=O) groups excluding carboxylic acids is 1. The summed E-state index contributed by atoms with van der Waals surface area (Å²) in [5.74, 6) is -1.93. The molecule has 0 aromatic carbocycles. The lowest BCUT2D eigenvalue weighted by molar-refractivity contribution is -0.138. The minimum absolute atomic E-state index is 0.104. The smallest absolute Gasteiger partial charge is 0.417 e. The molecule has 1 amide bonds. The maximum absolute atomic E-state index is 14.4. The van der Waals surface area contributed by atoms with E-state index in [2.05, 4.69) is 20.2 Å². The summed E-state index contributed by atoms with van der Waals surface area (Å²) in [5.41, 5.74) is 0.0613. The third-order valence-corrected chi connectivity index (χ3v) is 6.23. The average Bonchev–Trinajstić information content (AvgIpc) is 3.34. The van der Waals surface area contributed by atoms with Crippen LogP contribution < -0.4 is 4.74 Å². The number of nitrogens with zero attached hydrogens (tertiary/aromatic N) is 6. The van der Waals surface area contributed by atoms with Gasteiger partial charge in [0, 0.05) is 18.4 Å². The molecule has 2 bridgehead atoms. The number of hydrogen-bond acceptors (Lipinski definition) is 6. The topological polar surface area (TPSA) is 86.0 Å². The molecule has 8 nitrogen and oxygen atoms in total. The first-order chi connectivity index (χ1) is 16.2. The van der Waals surface area contributed by atoms with Gasteiger partial charge in [-0.1, -0.05) is 0 Å². The minimum atomic E-state index is -4.71. The highest BCUT2D eigenvalue weighted by Gasteiger charge is 2.45. The number of fused-ring (bicyclic) bond motifs is 3. The van der Waals surface area contributed by atoms with Crippen molar-refractivity contribution in [2.75, 3.05) is 6.54 Å². The number of carbonyl (C=O) groups is 1. The number of piperidine rings is 2. The molecule has 0 unspecified atom stereocenters. The normalized spacial score (nSPS) is 22.1. The van der Waals surface area contributed by atoms with Gasteiger partial charge in [0.05, 0.1) is 24.0 Å². The summed E-state index contributed by atoms with van der Waals surface area (Å²) in [4.78, 5) is 24.6. The summed E-state index contributed by atoms with van der Waals surface area (Å²) < 4.78 is 58.6. The number of hydrogen-bond donors (Lipinski definition) is 0. The summed E-state index contributed by atoms with van der Waals surface area (Å²) in [7, 11) is 0. The van der Waals surface area contributed by atoms with Crippen molar-refractivity contribution in [1.29, 1.82) is 0 Å². The Bertz CT molecular complexity index is 1220. The van der Waals surface area contributed by atoms with E-state index in [-0.39, 0.29) is 17.5 Å². The molecule has 3 fully saturated rings. The molecule has 3 aliphatic rings. The van der Waals surface area contributed by atoms with E-state index in [0.717, 1.165) is 6.42 Å². The van der Waals surface area contributed by atoms with Crippen molar-refractivity contribution in [2.24, 2.45) is 5.92 Å². The van der Waals surface area contributed by atoms with Crippen LogP contribution in [0.4, 0.5) is 17.6 Å². The number of halogens is 4. The molecule has 5 heterocycles. The number of pyridine rings is 2. The summed E-state index contributed by atoms with van der Waals surface area (Å²) in [5, 5.41) is 8.19. The van der Waals surface area contributed by atoms with Crippen molar-refractivity contribution in [3.8, 4) is 11.6 Å². The number of ether oxygens (including phenoxy) is 1. The second kappa shape index (κ2) is 8.33. The van der Waals surface area contributed by atoms with Crippen LogP contribution >= 0.6 is 0 Å². The van der Waals surface area contributed by atoms with E-state index in [1.54, 1.807) is 24.0 Å². The van der Waals surface area contributed by atoms with Gasteiger partial charge in [-0.2, -0.15) is 23.4 Å². The third kappa shape index (κ3) is 4.08. The predicted octanol–water partition coefficient (Wildman–Crippen LogP) is 3.60. The molecule has 0 radical (unpaired) electrons. The molecule has 1 saturated carbocycles. The van der Waals surface area contributed by atoms with Crippen molar-refractivity contribution >= 4 is 5.91 Å². The van der Waals surface area contributed by atoms with Crippen molar-refractivity contribution in [3.05, 3.63) is 59.6 Å². The lowest BCUT2D eigenvalue weighted by Gasteiger charge is -2.49. The van der Waals surface area contributed by atoms with Gasteiger partial charge >= 0.3 is 6.18 Å². The number of rotatable bonds is 4. The Balaban J connectivity index is 1.42.